The van der Waals surface area contributed by atoms with Crippen LogP contribution in [0, 0.1) is 0 Å². The second kappa shape index (κ2) is 9.17. The van der Waals surface area contributed by atoms with Gasteiger partial charge in [0.05, 0.1) is 0 Å². The predicted molar refractivity (Wildman–Crippen MR) is 111 cm³/mol. The van der Waals surface area contributed by atoms with Crippen molar-refractivity contribution in [2.45, 2.75) is 39.0 Å². The molecule has 0 radical (unpaired) electrons. The Morgan fingerprint density at radius 3 is 2.44 bits per heavy atom. The molecule has 0 atom stereocenters. The highest BCUT2D eigenvalue weighted by molar-refractivity contribution is 5.85. The molecule has 0 aliphatic rings. The molecule has 4 heteroatoms. The monoisotopic (exact) mass is 362 g/mol. The number of hydrogen-bond donors (Lipinski definition) is 1. The summed E-state index contributed by atoms with van der Waals surface area (Å²) in [5.41, 5.74) is 4.32. The van der Waals surface area contributed by atoms with Crippen LogP contribution in [0.15, 0.2) is 54.7 Å². The number of aromatic nitrogens is 1. The SMILES string of the molecule is CC(=O)CCCCCCN(C=O)c1ccc(-c2ccc3cc[nH]c3c2)cc1. The van der Waals surface area contributed by atoms with Gasteiger partial charge in [-0.15, -0.1) is 0 Å². The molecule has 0 spiro atoms. The van der Waals surface area contributed by atoms with Gasteiger partial charge < -0.3 is 14.7 Å². The normalized spacial score (nSPS) is 10.9. The maximum Gasteiger partial charge on any atom is 0.214 e. The van der Waals surface area contributed by atoms with Gasteiger partial charge in [0.2, 0.25) is 6.41 Å². The van der Waals surface area contributed by atoms with E-state index >= 15 is 0 Å². The van der Waals surface area contributed by atoms with E-state index in [4.69, 9.17) is 0 Å². The Kier molecular flexibility index (Phi) is 6.42. The van der Waals surface area contributed by atoms with E-state index in [0.717, 1.165) is 54.4 Å². The van der Waals surface area contributed by atoms with Crippen molar-refractivity contribution in [2.75, 3.05) is 11.4 Å². The van der Waals surface area contributed by atoms with Gasteiger partial charge >= 0.3 is 0 Å². The first-order valence-corrected chi connectivity index (χ1v) is 9.56. The van der Waals surface area contributed by atoms with E-state index in [0.29, 0.717) is 13.0 Å². The number of unbranched alkanes of at least 4 members (excludes halogenated alkanes) is 3. The molecule has 1 aromatic heterocycles. The van der Waals surface area contributed by atoms with Crippen LogP contribution in [0.4, 0.5) is 5.69 Å². The van der Waals surface area contributed by atoms with E-state index in [1.54, 1.807) is 11.8 Å². The lowest BCUT2D eigenvalue weighted by Crippen LogP contribution is -2.22. The molecular weight excluding hydrogens is 336 g/mol. The number of H-pyrrole nitrogens is 1. The van der Waals surface area contributed by atoms with Crippen molar-refractivity contribution >= 4 is 28.8 Å². The third kappa shape index (κ3) is 5.07. The molecule has 1 N–H and O–H groups in total. The van der Waals surface area contributed by atoms with Crippen molar-refractivity contribution in [3.63, 3.8) is 0 Å². The number of benzene rings is 2. The van der Waals surface area contributed by atoms with Gasteiger partial charge in [0.1, 0.15) is 5.78 Å². The van der Waals surface area contributed by atoms with Crippen LogP contribution in [0.3, 0.4) is 0 Å². The number of nitrogens with zero attached hydrogens (tertiary/aromatic N) is 1. The molecule has 0 fully saturated rings. The van der Waals surface area contributed by atoms with E-state index in [2.05, 4.69) is 41.4 Å². The first-order valence-electron chi connectivity index (χ1n) is 9.56. The summed E-state index contributed by atoms with van der Waals surface area (Å²) < 4.78 is 0. The summed E-state index contributed by atoms with van der Waals surface area (Å²) in [5, 5.41) is 1.20. The summed E-state index contributed by atoms with van der Waals surface area (Å²) in [6.45, 7) is 2.34. The number of ketones is 1. The van der Waals surface area contributed by atoms with Crippen LogP contribution in [-0.4, -0.2) is 23.7 Å². The molecule has 3 rings (SSSR count). The number of carbonyl (C=O) groups excluding carboxylic acids is 2. The standard InChI is InChI=1S/C23H26N2O2/c1-18(27)6-4-2-3-5-15-25(17-26)22-11-9-19(10-12-22)21-8-7-20-13-14-24-23(20)16-21/h7-14,16-17,24H,2-6,15H2,1H3. The number of anilines is 1. The summed E-state index contributed by atoms with van der Waals surface area (Å²) >= 11 is 0. The van der Waals surface area contributed by atoms with Crippen LogP contribution in [0.25, 0.3) is 22.0 Å². The second-order valence-electron chi connectivity index (χ2n) is 6.99. The van der Waals surface area contributed by atoms with Crippen molar-refractivity contribution < 1.29 is 9.59 Å². The maximum atomic E-state index is 11.5. The van der Waals surface area contributed by atoms with Gasteiger partial charge in [0.25, 0.3) is 0 Å². The van der Waals surface area contributed by atoms with E-state index < -0.39 is 0 Å². The smallest absolute Gasteiger partial charge is 0.214 e. The zero-order valence-electron chi connectivity index (χ0n) is 15.8. The van der Waals surface area contributed by atoms with Gasteiger partial charge in [-0.05, 0) is 60.5 Å². The number of aromatic amines is 1. The van der Waals surface area contributed by atoms with Crippen molar-refractivity contribution in [3.05, 3.63) is 54.7 Å². The Morgan fingerprint density at radius 1 is 0.963 bits per heavy atom. The van der Waals surface area contributed by atoms with Crippen LogP contribution in [-0.2, 0) is 9.59 Å². The first-order chi connectivity index (χ1) is 13.2. The minimum Gasteiger partial charge on any atom is -0.361 e. The first kappa shape index (κ1) is 18.9. The summed E-state index contributed by atoms with van der Waals surface area (Å²) in [6, 6.07) is 16.5. The van der Waals surface area contributed by atoms with Crippen molar-refractivity contribution in [1.29, 1.82) is 0 Å². The fourth-order valence-electron chi connectivity index (χ4n) is 3.33. The molecule has 1 amide bonds. The quantitative estimate of drug-likeness (QED) is 0.391. The van der Waals surface area contributed by atoms with Crippen LogP contribution in [0.5, 0.6) is 0 Å². The summed E-state index contributed by atoms with van der Waals surface area (Å²) in [5.74, 6) is 0.250. The molecule has 0 saturated heterocycles. The van der Waals surface area contributed by atoms with Gasteiger partial charge in [-0.1, -0.05) is 37.1 Å². The summed E-state index contributed by atoms with van der Waals surface area (Å²) in [7, 11) is 0. The zero-order valence-corrected chi connectivity index (χ0v) is 15.8. The highest BCUT2D eigenvalue weighted by Crippen LogP contribution is 2.26. The Hall–Kier alpha value is -2.88. The van der Waals surface area contributed by atoms with E-state index in [9.17, 15) is 9.59 Å². The third-order valence-corrected chi connectivity index (χ3v) is 4.89. The van der Waals surface area contributed by atoms with Crippen molar-refractivity contribution in [1.82, 2.24) is 4.98 Å². The lowest BCUT2D eigenvalue weighted by Gasteiger charge is -2.18. The Morgan fingerprint density at radius 2 is 1.70 bits per heavy atom. The molecule has 2 aromatic carbocycles. The molecule has 3 aromatic rings. The number of Topliss-reactive ketones (excluding diaryl/α,β-unsaturated/α-hetero) is 1. The molecule has 1 heterocycles. The molecule has 0 bridgehead atoms. The highest BCUT2D eigenvalue weighted by atomic mass is 16.1. The molecule has 140 valence electrons. The minimum absolute atomic E-state index is 0.250. The van der Waals surface area contributed by atoms with Gasteiger partial charge in [0.15, 0.2) is 0 Å². The third-order valence-electron chi connectivity index (χ3n) is 4.89. The summed E-state index contributed by atoms with van der Waals surface area (Å²) in [6.07, 6.45) is 7.46. The maximum absolute atomic E-state index is 11.5. The van der Waals surface area contributed by atoms with Crippen LogP contribution in [0.1, 0.15) is 39.0 Å². The fraction of sp³-hybridized carbons (Fsp3) is 0.304. The average molecular weight is 362 g/mol. The van der Waals surface area contributed by atoms with E-state index in [1.165, 1.54) is 5.39 Å². The summed E-state index contributed by atoms with van der Waals surface area (Å²) in [4.78, 5) is 27.4. The average Bonchev–Trinajstić information content (AvgIpc) is 3.15. The molecular formula is C23H26N2O2. The molecule has 0 aliphatic heterocycles. The number of rotatable bonds is 10. The van der Waals surface area contributed by atoms with Gasteiger partial charge in [-0.3, -0.25) is 4.79 Å². The lowest BCUT2D eigenvalue weighted by atomic mass is 10.0. The van der Waals surface area contributed by atoms with E-state index in [1.807, 2.05) is 18.3 Å². The van der Waals surface area contributed by atoms with E-state index in [-0.39, 0.29) is 5.78 Å². The Bertz CT molecular complexity index is 896. The Labute approximate surface area is 160 Å². The topological polar surface area (TPSA) is 53.2 Å². The fourth-order valence-corrected chi connectivity index (χ4v) is 3.33. The second-order valence-corrected chi connectivity index (χ2v) is 6.99. The number of fused-ring (bicyclic) bond motifs is 1. The molecule has 4 nitrogen and oxygen atoms in total. The van der Waals surface area contributed by atoms with Gasteiger partial charge in [-0.2, -0.15) is 0 Å². The number of carbonyl (C=O) groups is 2. The minimum atomic E-state index is 0.250. The van der Waals surface area contributed by atoms with Gasteiger partial charge in [0, 0.05) is 30.4 Å². The lowest BCUT2D eigenvalue weighted by molar-refractivity contribution is -0.117. The van der Waals surface area contributed by atoms with Crippen LogP contribution < -0.4 is 4.90 Å². The largest absolute Gasteiger partial charge is 0.361 e. The Balaban J connectivity index is 1.57. The highest BCUT2D eigenvalue weighted by Gasteiger charge is 2.06. The number of nitrogens with one attached hydrogen (secondary N) is 1. The van der Waals surface area contributed by atoms with Crippen LogP contribution in [0.2, 0.25) is 0 Å². The molecule has 0 aliphatic carbocycles. The zero-order chi connectivity index (χ0) is 19.1. The molecule has 0 unspecified atom stereocenters. The molecule has 27 heavy (non-hydrogen) atoms. The van der Waals surface area contributed by atoms with Crippen molar-refractivity contribution in [2.24, 2.45) is 0 Å². The van der Waals surface area contributed by atoms with Gasteiger partial charge in [-0.25, -0.2) is 0 Å². The number of hydrogen-bond acceptors (Lipinski definition) is 2. The molecule has 0 saturated carbocycles. The number of amides is 1. The predicted octanol–water partition coefficient (Wildman–Crippen LogP) is 5.34. The van der Waals surface area contributed by atoms with Crippen LogP contribution >= 0.6 is 0 Å². The van der Waals surface area contributed by atoms with Crippen molar-refractivity contribution in [3.8, 4) is 11.1 Å².